The van der Waals surface area contributed by atoms with E-state index in [2.05, 4.69) is 26.8 Å². The van der Waals surface area contributed by atoms with Gasteiger partial charge in [-0.1, -0.05) is 17.7 Å². The first kappa shape index (κ1) is 18.8. The van der Waals surface area contributed by atoms with Crippen molar-refractivity contribution in [1.82, 2.24) is 0 Å². The van der Waals surface area contributed by atoms with Gasteiger partial charge in [0.1, 0.15) is 5.75 Å². The second kappa shape index (κ2) is 9.10. The lowest BCUT2D eigenvalue weighted by molar-refractivity contribution is 0.415. The lowest BCUT2D eigenvalue weighted by Crippen LogP contribution is -2.01. The van der Waals surface area contributed by atoms with Gasteiger partial charge in [0.25, 0.3) is 0 Å². The number of hydrogen-bond acceptors (Lipinski definition) is 5. The van der Waals surface area contributed by atoms with Gasteiger partial charge in [-0.3, -0.25) is 5.43 Å². The predicted octanol–water partition coefficient (Wildman–Crippen LogP) is 5.43. The minimum atomic E-state index is 0.404. The average molecular weight is 369 g/mol. The zero-order valence-electron chi connectivity index (χ0n) is 15.6. The Morgan fingerprint density at radius 1 is 0.929 bits per heavy atom. The highest BCUT2D eigenvalue weighted by Crippen LogP contribution is 2.17. The number of nitrogens with one attached hydrogen (secondary N) is 1. The molecule has 0 aromatic heterocycles. The SMILES string of the molecule is COc1ccc(N/N=C(/N=Nc2ccc(C)cc2)c2ccc(C#N)cc2)cc1. The number of azo groups is 1. The average Bonchev–Trinajstić information content (AvgIpc) is 2.75. The van der Waals surface area contributed by atoms with E-state index in [4.69, 9.17) is 10.00 Å². The minimum absolute atomic E-state index is 0.404. The van der Waals surface area contributed by atoms with E-state index in [1.165, 1.54) is 0 Å². The molecule has 0 heterocycles. The molecule has 0 fully saturated rings. The van der Waals surface area contributed by atoms with E-state index in [1.807, 2.05) is 55.5 Å². The molecule has 0 amide bonds. The molecule has 0 aliphatic rings. The van der Waals surface area contributed by atoms with Crippen LogP contribution < -0.4 is 10.2 Å². The van der Waals surface area contributed by atoms with E-state index in [1.54, 1.807) is 31.4 Å². The van der Waals surface area contributed by atoms with Crippen molar-refractivity contribution in [2.24, 2.45) is 15.3 Å². The van der Waals surface area contributed by atoms with E-state index < -0.39 is 0 Å². The van der Waals surface area contributed by atoms with Crippen LogP contribution in [-0.4, -0.2) is 12.9 Å². The summed E-state index contributed by atoms with van der Waals surface area (Å²) in [4.78, 5) is 0. The van der Waals surface area contributed by atoms with Gasteiger partial charge in [-0.2, -0.15) is 10.4 Å². The molecule has 0 bridgehead atoms. The lowest BCUT2D eigenvalue weighted by atomic mass is 10.1. The molecule has 0 aliphatic carbocycles. The van der Waals surface area contributed by atoms with E-state index in [0.717, 1.165) is 28.3 Å². The third-order valence-corrected chi connectivity index (χ3v) is 3.95. The fraction of sp³-hybridized carbons (Fsp3) is 0.0909. The number of anilines is 1. The Morgan fingerprint density at radius 3 is 2.21 bits per heavy atom. The number of amidine groups is 1. The number of nitriles is 1. The zero-order chi connectivity index (χ0) is 19.8. The number of aryl methyl sites for hydroxylation is 1. The van der Waals surface area contributed by atoms with Gasteiger partial charge < -0.3 is 4.74 Å². The molecule has 1 N–H and O–H groups in total. The van der Waals surface area contributed by atoms with Crippen LogP contribution in [0.4, 0.5) is 11.4 Å². The van der Waals surface area contributed by atoms with Crippen molar-refractivity contribution >= 4 is 17.2 Å². The largest absolute Gasteiger partial charge is 0.497 e. The molecule has 6 nitrogen and oxygen atoms in total. The normalized spacial score (nSPS) is 11.2. The quantitative estimate of drug-likeness (QED) is 0.282. The highest BCUT2D eigenvalue weighted by molar-refractivity contribution is 5.99. The molecule has 0 aliphatic heterocycles. The van der Waals surface area contributed by atoms with Crippen molar-refractivity contribution in [3.05, 3.63) is 89.5 Å². The second-order valence-electron chi connectivity index (χ2n) is 6.00. The van der Waals surface area contributed by atoms with E-state index in [-0.39, 0.29) is 0 Å². The van der Waals surface area contributed by atoms with Crippen LogP contribution >= 0.6 is 0 Å². The number of hydrazone groups is 1. The van der Waals surface area contributed by atoms with Crippen LogP contribution in [0.25, 0.3) is 0 Å². The van der Waals surface area contributed by atoms with Crippen LogP contribution in [0.1, 0.15) is 16.7 Å². The Balaban J connectivity index is 1.87. The summed E-state index contributed by atoms with van der Waals surface area (Å²) in [5, 5.41) is 22.0. The van der Waals surface area contributed by atoms with Crippen LogP contribution in [0.15, 0.2) is 88.1 Å². The summed E-state index contributed by atoms with van der Waals surface area (Å²) in [7, 11) is 1.62. The maximum atomic E-state index is 8.99. The topological polar surface area (TPSA) is 82.1 Å². The Kier molecular flexibility index (Phi) is 6.11. The van der Waals surface area contributed by atoms with Gasteiger partial charge in [0.05, 0.1) is 30.1 Å². The molecule has 3 aromatic rings. The second-order valence-corrected chi connectivity index (χ2v) is 6.00. The van der Waals surface area contributed by atoms with Crippen LogP contribution in [0.5, 0.6) is 5.75 Å². The monoisotopic (exact) mass is 369 g/mol. The van der Waals surface area contributed by atoms with Crippen molar-refractivity contribution in [3.8, 4) is 11.8 Å². The number of ether oxygens (including phenoxy) is 1. The first-order valence-electron chi connectivity index (χ1n) is 8.64. The predicted molar refractivity (Wildman–Crippen MR) is 110 cm³/mol. The Bertz CT molecular complexity index is 1010. The van der Waals surface area contributed by atoms with Crippen molar-refractivity contribution in [3.63, 3.8) is 0 Å². The molecule has 6 heteroatoms. The first-order valence-corrected chi connectivity index (χ1v) is 8.64. The van der Waals surface area contributed by atoms with Gasteiger partial charge in [0.2, 0.25) is 5.84 Å². The minimum Gasteiger partial charge on any atom is -0.497 e. The summed E-state index contributed by atoms with van der Waals surface area (Å²) >= 11 is 0. The van der Waals surface area contributed by atoms with Gasteiger partial charge in [-0.25, -0.2) is 0 Å². The lowest BCUT2D eigenvalue weighted by Gasteiger charge is -2.05. The number of methoxy groups -OCH3 is 1. The molecule has 0 atom stereocenters. The Morgan fingerprint density at radius 2 is 1.61 bits per heavy atom. The van der Waals surface area contributed by atoms with Crippen molar-refractivity contribution in [1.29, 1.82) is 5.26 Å². The molecule has 0 unspecified atom stereocenters. The molecule has 0 saturated carbocycles. The van der Waals surface area contributed by atoms with Gasteiger partial charge in [0.15, 0.2) is 0 Å². The van der Waals surface area contributed by atoms with Crippen LogP contribution in [0.3, 0.4) is 0 Å². The molecule has 28 heavy (non-hydrogen) atoms. The summed E-state index contributed by atoms with van der Waals surface area (Å²) in [5.41, 5.74) is 6.98. The summed E-state index contributed by atoms with van der Waals surface area (Å²) in [6, 6.07) is 24.3. The third-order valence-electron chi connectivity index (χ3n) is 3.95. The first-order chi connectivity index (χ1) is 13.7. The zero-order valence-corrected chi connectivity index (χ0v) is 15.6. The molecule has 0 spiro atoms. The molecular weight excluding hydrogens is 350 g/mol. The number of benzene rings is 3. The van der Waals surface area contributed by atoms with Crippen LogP contribution in [0, 0.1) is 18.3 Å². The van der Waals surface area contributed by atoms with Crippen molar-refractivity contribution in [2.75, 3.05) is 12.5 Å². The molecule has 0 radical (unpaired) electrons. The van der Waals surface area contributed by atoms with Gasteiger partial charge >= 0.3 is 0 Å². The molecule has 3 rings (SSSR count). The van der Waals surface area contributed by atoms with E-state index in [9.17, 15) is 0 Å². The van der Waals surface area contributed by atoms with Crippen molar-refractivity contribution in [2.45, 2.75) is 6.92 Å². The number of rotatable bonds is 5. The molecular formula is C22H19N5O. The standard InChI is InChI=1S/C22H19N5O/c1-16-3-9-19(10-4-16)24-26-22(18-7-5-17(15-23)6-8-18)27-25-20-11-13-21(28-2)14-12-20/h3-14,25H,1-2H3/b26-24?,27-22+. The number of nitrogens with zero attached hydrogens (tertiary/aromatic N) is 4. The highest BCUT2D eigenvalue weighted by Gasteiger charge is 2.04. The molecule has 138 valence electrons. The summed E-state index contributed by atoms with van der Waals surface area (Å²) < 4.78 is 5.16. The fourth-order valence-electron chi connectivity index (χ4n) is 2.34. The molecule has 3 aromatic carbocycles. The Hall–Kier alpha value is -3.98. The molecule has 0 saturated heterocycles. The maximum Gasteiger partial charge on any atom is 0.201 e. The maximum absolute atomic E-state index is 8.99. The summed E-state index contributed by atoms with van der Waals surface area (Å²) in [6.45, 7) is 2.02. The van der Waals surface area contributed by atoms with Crippen molar-refractivity contribution < 1.29 is 4.74 Å². The third kappa shape index (κ3) is 5.02. The van der Waals surface area contributed by atoms with Crippen LogP contribution in [-0.2, 0) is 0 Å². The van der Waals surface area contributed by atoms with Gasteiger partial charge in [0, 0.05) is 5.56 Å². The summed E-state index contributed by atoms with van der Waals surface area (Å²) in [5.74, 6) is 1.17. The van der Waals surface area contributed by atoms with E-state index >= 15 is 0 Å². The highest BCUT2D eigenvalue weighted by atomic mass is 16.5. The van der Waals surface area contributed by atoms with E-state index in [0.29, 0.717) is 11.4 Å². The Labute approximate surface area is 163 Å². The van der Waals surface area contributed by atoms with Gasteiger partial charge in [-0.15, -0.1) is 10.2 Å². The summed E-state index contributed by atoms with van der Waals surface area (Å²) in [6.07, 6.45) is 0. The van der Waals surface area contributed by atoms with Gasteiger partial charge in [-0.05, 0) is 67.6 Å². The fourth-order valence-corrected chi connectivity index (χ4v) is 2.34. The smallest absolute Gasteiger partial charge is 0.201 e. The van der Waals surface area contributed by atoms with Crippen LogP contribution in [0.2, 0.25) is 0 Å². The number of hydrogen-bond donors (Lipinski definition) is 1.